The van der Waals surface area contributed by atoms with Crippen LogP contribution in [0.4, 0.5) is 0 Å². The van der Waals surface area contributed by atoms with Crippen LogP contribution in [-0.2, 0) is 0 Å². The lowest BCUT2D eigenvalue weighted by Crippen LogP contribution is -2.17. The fourth-order valence-electron chi connectivity index (χ4n) is 3.39. The number of benzene rings is 1. The Labute approximate surface area is 155 Å². The van der Waals surface area contributed by atoms with Crippen molar-refractivity contribution in [3.8, 4) is 11.5 Å². The molecular formula is C21H35O3P. The van der Waals surface area contributed by atoms with E-state index in [1.54, 1.807) is 14.2 Å². The highest BCUT2D eigenvalue weighted by Gasteiger charge is 2.29. The lowest BCUT2D eigenvalue weighted by atomic mass is 9.86. The fraction of sp³-hybridized carbons (Fsp3) is 0.667. The molecule has 0 N–H and O–H groups in total. The van der Waals surface area contributed by atoms with E-state index in [4.69, 9.17) is 9.47 Å². The number of carbonyl (C=O) groups is 1. The van der Waals surface area contributed by atoms with Crippen LogP contribution in [0.2, 0.25) is 0 Å². The average molecular weight is 366 g/mol. The summed E-state index contributed by atoms with van der Waals surface area (Å²) in [6.07, 6.45) is 3.04. The van der Waals surface area contributed by atoms with Crippen molar-refractivity contribution in [2.24, 2.45) is 17.3 Å². The zero-order chi connectivity index (χ0) is 19.2. The minimum Gasteiger partial charge on any atom is -0.496 e. The van der Waals surface area contributed by atoms with Gasteiger partial charge in [-0.3, -0.25) is 4.79 Å². The molecule has 0 saturated heterocycles. The highest BCUT2D eigenvalue weighted by Crippen LogP contribution is 2.48. The van der Waals surface area contributed by atoms with Crippen LogP contribution in [0, 0.1) is 17.3 Å². The summed E-state index contributed by atoms with van der Waals surface area (Å²) in [5.41, 5.74) is 1.10. The van der Waals surface area contributed by atoms with E-state index in [1.807, 2.05) is 18.2 Å². The number of methoxy groups -OCH3 is 2. The van der Waals surface area contributed by atoms with Crippen LogP contribution in [-0.4, -0.2) is 32.1 Å². The van der Waals surface area contributed by atoms with Crippen molar-refractivity contribution < 1.29 is 14.3 Å². The molecule has 2 unspecified atom stereocenters. The largest absolute Gasteiger partial charge is 0.496 e. The molecule has 2 atom stereocenters. The molecule has 0 aliphatic heterocycles. The van der Waals surface area contributed by atoms with Gasteiger partial charge in [0.25, 0.3) is 0 Å². The predicted octanol–water partition coefficient (Wildman–Crippen LogP) is 6.05. The van der Waals surface area contributed by atoms with Crippen molar-refractivity contribution in [2.75, 3.05) is 26.5 Å². The summed E-state index contributed by atoms with van der Waals surface area (Å²) in [5.74, 6) is 2.25. The van der Waals surface area contributed by atoms with Gasteiger partial charge in [-0.2, -0.15) is 0 Å². The van der Waals surface area contributed by atoms with Gasteiger partial charge in [0, 0.05) is 0 Å². The Hall–Kier alpha value is -1.08. The molecule has 3 nitrogen and oxygen atoms in total. The Bertz CT molecular complexity index is 538. The normalized spacial score (nSPS) is 14.3. The molecule has 0 bridgehead atoms. The summed E-state index contributed by atoms with van der Waals surface area (Å²) in [6, 6.07) is 5.55. The molecule has 0 saturated carbocycles. The summed E-state index contributed by atoms with van der Waals surface area (Å²) in [4.78, 5) is 13.4. The Morgan fingerprint density at radius 1 is 1.04 bits per heavy atom. The third-order valence-corrected chi connectivity index (χ3v) is 7.04. The molecule has 0 fully saturated rings. The summed E-state index contributed by atoms with van der Waals surface area (Å²) in [7, 11) is 2.45. The molecule has 25 heavy (non-hydrogen) atoms. The van der Waals surface area contributed by atoms with Gasteiger partial charge >= 0.3 is 0 Å². The van der Waals surface area contributed by atoms with Crippen molar-refractivity contribution in [2.45, 2.75) is 48.0 Å². The van der Waals surface area contributed by atoms with E-state index in [9.17, 15) is 4.79 Å². The van der Waals surface area contributed by atoms with Crippen molar-refractivity contribution in [3.05, 3.63) is 23.8 Å². The van der Waals surface area contributed by atoms with E-state index in [1.165, 1.54) is 0 Å². The summed E-state index contributed by atoms with van der Waals surface area (Å²) in [5, 5.41) is 0. The maximum atomic E-state index is 13.4. The highest BCUT2D eigenvalue weighted by atomic mass is 31.1. The van der Waals surface area contributed by atoms with Crippen LogP contribution >= 0.6 is 7.92 Å². The first-order valence-electron chi connectivity index (χ1n) is 9.09. The van der Waals surface area contributed by atoms with Crippen LogP contribution in [0.1, 0.15) is 58.3 Å². The maximum Gasteiger partial charge on any atom is 0.191 e. The fourth-order valence-corrected chi connectivity index (χ4v) is 6.17. The Morgan fingerprint density at radius 3 is 1.96 bits per heavy atom. The SMILES string of the molecule is COc1cccc(OC)c1C(=O)P(CC(C)C)CC(C)CC(C)(C)C. The smallest absolute Gasteiger partial charge is 0.191 e. The third-order valence-electron chi connectivity index (χ3n) is 4.01. The van der Waals surface area contributed by atoms with E-state index in [2.05, 4.69) is 41.5 Å². The first-order chi connectivity index (χ1) is 11.6. The van der Waals surface area contributed by atoms with Gasteiger partial charge in [-0.1, -0.05) is 47.6 Å². The molecule has 0 heterocycles. The number of ether oxygens (including phenoxy) is 2. The second-order valence-corrected chi connectivity index (χ2v) is 10.7. The van der Waals surface area contributed by atoms with Crippen LogP contribution in [0.5, 0.6) is 11.5 Å². The molecule has 1 aromatic rings. The van der Waals surface area contributed by atoms with Gasteiger partial charge < -0.3 is 9.47 Å². The molecule has 0 radical (unpaired) electrons. The van der Waals surface area contributed by atoms with Gasteiger partial charge in [0.1, 0.15) is 17.1 Å². The topological polar surface area (TPSA) is 35.5 Å². The summed E-state index contributed by atoms with van der Waals surface area (Å²) < 4.78 is 10.9. The summed E-state index contributed by atoms with van der Waals surface area (Å²) >= 11 is 0. The molecule has 142 valence electrons. The number of hydrogen-bond donors (Lipinski definition) is 0. The molecule has 0 aliphatic carbocycles. The molecule has 1 aromatic carbocycles. The van der Waals surface area contributed by atoms with E-state index in [0.717, 1.165) is 18.7 Å². The van der Waals surface area contributed by atoms with E-state index in [0.29, 0.717) is 28.9 Å². The van der Waals surface area contributed by atoms with E-state index >= 15 is 0 Å². The van der Waals surface area contributed by atoms with Crippen molar-refractivity contribution in [1.29, 1.82) is 0 Å². The van der Waals surface area contributed by atoms with Gasteiger partial charge in [-0.05, 0) is 56.0 Å². The van der Waals surface area contributed by atoms with Gasteiger partial charge in [-0.15, -0.1) is 0 Å². The number of hydrogen-bond acceptors (Lipinski definition) is 3. The second-order valence-electron chi connectivity index (χ2n) is 8.51. The maximum absolute atomic E-state index is 13.4. The molecule has 0 aromatic heterocycles. The Kier molecular flexibility index (Phi) is 8.41. The van der Waals surface area contributed by atoms with Crippen LogP contribution in [0.25, 0.3) is 0 Å². The molecule has 0 spiro atoms. The molecule has 4 heteroatoms. The molecule has 0 aliphatic rings. The molecular weight excluding hydrogens is 331 g/mol. The van der Waals surface area contributed by atoms with E-state index in [-0.39, 0.29) is 10.9 Å². The first-order valence-corrected chi connectivity index (χ1v) is 10.8. The van der Waals surface area contributed by atoms with Crippen LogP contribution < -0.4 is 9.47 Å². The van der Waals surface area contributed by atoms with E-state index < -0.39 is 7.92 Å². The minimum atomic E-state index is -0.773. The standard InChI is InChI=1S/C21H35O3P/c1-15(2)13-25(14-16(3)12-21(4,5)6)20(22)19-17(23-7)10-9-11-18(19)24-8/h9-11,15-16H,12-14H2,1-8H3. The molecule has 0 amide bonds. The number of carbonyl (C=O) groups excluding carboxylic acids is 1. The predicted molar refractivity (Wildman–Crippen MR) is 109 cm³/mol. The quantitative estimate of drug-likeness (QED) is 0.499. The van der Waals surface area contributed by atoms with Gasteiger partial charge in [0.2, 0.25) is 0 Å². The third kappa shape index (κ3) is 6.98. The van der Waals surface area contributed by atoms with Gasteiger partial charge in [0.05, 0.1) is 14.2 Å². The molecule has 1 rings (SSSR count). The van der Waals surface area contributed by atoms with Crippen molar-refractivity contribution in [3.63, 3.8) is 0 Å². The monoisotopic (exact) mass is 366 g/mol. The first kappa shape index (κ1) is 22.0. The van der Waals surface area contributed by atoms with Gasteiger partial charge in [-0.25, -0.2) is 0 Å². The lowest BCUT2D eigenvalue weighted by Gasteiger charge is -2.27. The van der Waals surface area contributed by atoms with Crippen LogP contribution in [0.3, 0.4) is 0 Å². The second kappa shape index (κ2) is 9.57. The highest BCUT2D eigenvalue weighted by molar-refractivity contribution is 7.75. The zero-order valence-electron chi connectivity index (χ0n) is 17.2. The van der Waals surface area contributed by atoms with Crippen molar-refractivity contribution in [1.82, 2.24) is 0 Å². The van der Waals surface area contributed by atoms with Gasteiger partial charge in [0.15, 0.2) is 5.52 Å². The zero-order valence-corrected chi connectivity index (χ0v) is 18.1. The summed E-state index contributed by atoms with van der Waals surface area (Å²) in [6.45, 7) is 13.4. The minimum absolute atomic E-state index is 0.207. The Balaban J connectivity index is 3.13. The number of rotatable bonds is 9. The Morgan fingerprint density at radius 2 is 1.56 bits per heavy atom. The van der Waals surface area contributed by atoms with Crippen LogP contribution in [0.15, 0.2) is 18.2 Å². The van der Waals surface area contributed by atoms with Crippen molar-refractivity contribution >= 4 is 13.4 Å². The average Bonchev–Trinajstić information content (AvgIpc) is 2.50. The lowest BCUT2D eigenvalue weighted by molar-refractivity contribution is 0.107.